The highest BCUT2D eigenvalue weighted by molar-refractivity contribution is 7.91. The molecular formula is C12H16ClN3O2S. The predicted octanol–water partition coefficient (Wildman–Crippen LogP) is 1.51. The van der Waals surface area contributed by atoms with Gasteiger partial charge in [-0.15, -0.1) is 0 Å². The van der Waals surface area contributed by atoms with Crippen LogP contribution in [0.5, 0.6) is 0 Å². The molecule has 104 valence electrons. The zero-order valence-corrected chi connectivity index (χ0v) is 12.4. The van der Waals surface area contributed by atoms with Crippen molar-refractivity contribution in [1.29, 1.82) is 0 Å². The summed E-state index contributed by atoms with van der Waals surface area (Å²) in [7, 11) is 0. The highest BCUT2D eigenvalue weighted by atomic mass is 35.5. The Bertz CT molecular complexity index is 528. The van der Waals surface area contributed by atoms with E-state index in [0.717, 1.165) is 18.5 Å². The average Bonchev–Trinajstić information content (AvgIpc) is 2.98. The molecule has 1 unspecified atom stereocenters. The maximum absolute atomic E-state index is 12.0. The molecule has 1 aliphatic heterocycles. The molecule has 5 nitrogen and oxygen atoms in total. The Balaban J connectivity index is 1.99. The smallest absolute Gasteiger partial charge is 0.224 e. The minimum absolute atomic E-state index is 0.159. The molecule has 1 saturated carbocycles. The van der Waals surface area contributed by atoms with Gasteiger partial charge in [-0.1, -0.05) is 0 Å². The maximum atomic E-state index is 12.0. The van der Waals surface area contributed by atoms with Gasteiger partial charge in [0.1, 0.15) is 11.4 Å². The quantitative estimate of drug-likeness (QED) is 0.653. The number of aryl methyl sites for hydroxylation is 1. The van der Waals surface area contributed by atoms with E-state index < -0.39 is 22.3 Å². The second-order valence-corrected chi connectivity index (χ2v) is 7.53. The van der Waals surface area contributed by atoms with Gasteiger partial charge in [-0.3, -0.25) is 0 Å². The van der Waals surface area contributed by atoms with Crippen molar-refractivity contribution in [3.63, 3.8) is 0 Å². The standard InChI is InChI=1S/C12H16ClN3O2S/c1-11(2,17)12(4-5-12)16-9-8-7(3-6-19(8)18)14-10(13)15-9/h17H,3-6H2,1-2H3,(H,14,15,16). The van der Waals surface area contributed by atoms with E-state index >= 15 is 0 Å². The predicted molar refractivity (Wildman–Crippen MR) is 73.9 cm³/mol. The van der Waals surface area contributed by atoms with Crippen LogP contribution in [0, 0.1) is 0 Å². The molecule has 2 N–H and O–H groups in total. The lowest BCUT2D eigenvalue weighted by Gasteiger charge is -2.31. The molecule has 7 heteroatoms. The van der Waals surface area contributed by atoms with Gasteiger partial charge in [0, 0.05) is 6.42 Å². The Kier molecular flexibility index (Phi) is 2.98. The van der Waals surface area contributed by atoms with Gasteiger partial charge in [0.25, 0.3) is 0 Å². The first-order chi connectivity index (χ1) is 8.82. The van der Waals surface area contributed by atoms with Gasteiger partial charge in [0.15, 0.2) is 5.82 Å². The van der Waals surface area contributed by atoms with Crippen molar-refractivity contribution in [3.05, 3.63) is 11.0 Å². The fourth-order valence-corrected chi connectivity index (χ4v) is 3.99. The molecule has 0 amide bonds. The molecule has 3 rings (SSSR count). The summed E-state index contributed by atoms with van der Waals surface area (Å²) in [6.07, 6.45) is 2.38. The molecule has 0 saturated heterocycles. The number of aromatic nitrogens is 2. The third kappa shape index (κ3) is 2.20. The Morgan fingerprint density at radius 2 is 2.11 bits per heavy atom. The second-order valence-electron chi connectivity index (χ2n) is 5.68. The molecule has 1 fully saturated rings. The fourth-order valence-electron chi connectivity index (χ4n) is 2.49. The van der Waals surface area contributed by atoms with E-state index in [1.807, 2.05) is 0 Å². The molecule has 0 spiro atoms. The van der Waals surface area contributed by atoms with Crippen LogP contribution < -0.4 is 5.32 Å². The monoisotopic (exact) mass is 301 g/mol. The van der Waals surface area contributed by atoms with Gasteiger partial charge in [0.2, 0.25) is 10.2 Å². The van der Waals surface area contributed by atoms with Crippen LogP contribution in [0.25, 0.3) is 0 Å². The lowest BCUT2D eigenvalue weighted by atomic mass is 9.96. The van der Waals surface area contributed by atoms with Crippen molar-refractivity contribution < 1.29 is 9.66 Å². The number of nitrogens with zero attached hydrogens (tertiary/aromatic N) is 2. The number of fused-ring (bicyclic) bond motifs is 1. The zero-order valence-electron chi connectivity index (χ0n) is 10.9. The van der Waals surface area contributed by atoms with E-state index in [9.17, 15) is 9.66 Å². The minimum Gasteiger partial charge on any atom is -0.611 e. The Morgan fingerprint density at radius 3 is 2.68 bits per heavy atom. The Hall–Kier alpha value is -0.560. The van der Waals surface area contributed by atoms with Gasteiger partial charge in [-0.2, -0.15) is 4.98 Å². The number of halogens is 1. The van der Waals surface area contributed by atoms with Gasteiger partial charge >= 0.3 is 0 Å². The molecule has 19 heavy (non-hydrogen) atoms. The van der Waals surface area contributed by atoms with Gasteiger partial charge < -0.3 is 15.0 Å². The van der Waals surface area contributed by atoms with Gasteiger partial charge in [-0.25, -0.2) is 4.98 Å². The average molecular weight is 302 g/mol. The summed E-state index contributed by atoms with van der Waals surface area (Å²) >= 11 is 4.84. The first-order valence-corrected chi connectivity index (χ1v) is 7.97. The fraction of sp³-hybridized carbons (Fsp3) is 0.667. The zero-order chi connectivity index (χ0) is 13.8. The van der Waals surface area contributed by atoms with E-state index in [1.165, 1.54) is 0 Å². The third-order valence-corrected chi connectivity index (χ3v) is 5.57. The van der Waals surface area contributed by atoms with E-state index in [4.69, 9.17) is 11.6 Å². The number of nitrogens with one attached hydrogen (secondary N) is 1. The maximum Gasteiger partial charge on any atom is 0.224 e. The minimum atomic E-state index is -1.08. The number of hydrogen-bond donors (Lipinski definition) is 2. The van der Waals surface area contributed by atoms with Crippen LogP contribution in [0.4, 0.5) is 5.82 Å². The molecule has 0 bridgehead atoms. The molecule has 0 aromatic carbocycles. The molecular weight excluding hydrogens is 286 g/mol. The number of rotatable bonds is 3. The van der Waals surface area contributed by atoms with Crippen LogP contribution in [0.15, 0.2) is 4.90 Å². The molecule has 1 aliphatic carbocycles. The first kappa shape index (κ1) is 13.4. The number of anilines is 1. The SMILES string of the molecule is CC(C)(O)C1(Nc2nc(Cl)nc3c2[S+]([O-])CC3)CC1. The molecule has 1 aromatic heterocycles. The summed E-state index contributed by atoms with van der Waals surface area (Å²) in [6, 6.07) is 0. The second kappa shape index (κ2) is 4.22. The largest absolute Gasteiger partial charge is 0.611 e. The Labute approximate surface area is 120 Å². The van der Waals surface area contributed by atoms with Crippen LogP contribution >= 0.6 is 11.6 Å². The molecule has 0 radical (unpaired) electrons. The van der Waals surface area contributed by atoms with Crippen molar-refractivity contribution in [3.8, 4) is 0 Å². The topological polar surface area (TPSA) is 81.1 Å². The third-order valence-electron chi connectivity index (χ3n) is 3.94. The molecule has 1 atom stereocenters. The Morgan fingerprint density at radius 1 is 1.42 bits per heavy atom. The van der Waals surface area contributed by atoms with E-state index in [-0.39, 0.29) is 5.28 Å². The molecule has 2 heterocycles. The van der Waals surface area contributed by atoms with E-state index in [0.29, 0.717) is 22.9 Å². The van der Waals surface area contributed by atoms with Crippen LogP contribution in [0.2, 0.25) is 5.28 Å². The summed E-state index contributed by atoms with van der Waals surface area (Å²) in [6.45, 7) is 3.54. The lowest BCUT2D eigenvalue weighted by Crippen LogP contribution is -2.44. The summed E-state index contributed by atoms with van der Waals surface area (Å²) in [4.78, 5) is 8.96. The van der Waals surface area contributed by atoms with Crippen LogP contribution in [-0.2, 0) is 17.6 Å². The van der Waals surface area contributed by atoms with Crippen LogP contribution in [0.1, 0.15) is 32.4 Å². The van der Waals surface area contributed by atoms with Crippen molar-refractivity contribution in [2.24, 2.45) is 0 Å². The summed E-state index contributed by atoms with van der Waals surface area (Å²) in [5, 5.41) is 13.7. The molecule has 1 aromatic rings. The van der Waals surface area contributed by atoms with Crippen molar-refractivity contribution >= 4 is 28.6 Å². The summed E-state index contributed by atoms with van der Waals surface area (Å²) in [5.74, 6) is 1.08. The van der Waals surface area contributed by atoms with Crippen LogP contribution in [0.3, 0.4) is 0 Å². The van der Waals surface area contributed by atoms with Crippen molar-refractivity contribution in [2.45, 2.75) is 49.1 Å². The summed E-state index contributed by atoms with van der Waals surface area (Å²) < 4.78 is 12.0. The first-order valence-electron chi connectivity index (χ1n) is 6.28. The van der Waals surface area contributed by atoms with E-state index in [1.54, 1.807) is 13.8 Å². The van der Waals surface area contributed by atoms with E-state index in [2.05, 4.69) is 15.3 Å². The van der Waals surface area contributed by atoms with Gasteiger partial charge in [0.05, 0.1) is 11.1 Å². The number of hydrogen-bond acceptors (Lipinski definition) is 5. The highest BCUT2D eigenvalue weighted by Gasteiger charge is 2.55. The van der Waals surface area contributed by atoms with Crippen LogP contribution in [-0.4, -0.2) is 36.5 Å². The number of aliphatic hydroxyl groups is 1. The highest BCUT2D eigenvalue weighted by Crippen LogP contribution is 2.48. The van der Waals surface area contributed by atoms with Crippen molar-refractivity contribution in [2.75, 3.05) is 11.1 Å². The van der Waals surface area contributed by atoms with Crippen molar-refractivity contribution in [1.82, 2.24) is 9.97 Å². The summed E-state index contributed by atoms with van der Waals surface area (Å²) in [5.41, 5.74) is -0.504. The van der Waals surface area contributed by atoms with Gasteiger partial charge in [-0.05, 0) is 49.5 Å². The lowest BCUT2D eigenvalue weighted by molar-refractivity contribution is 0.0493. The normalized spacial score (nSPS) is 24.2. The molecule has 2 aliphatic rings.